The zero-order chi connectivity index (χ0) is 27.3. The van der Waals surface area contributed by atoms with Gasteiger partial charge in [0.15, 0.2) is 0 Å². The predicted molar refractivity (Wildman–Crippen MR) is 149 cm³/mol. The Morgan fingerprint density at radius 2 is 1.63 bits per heavy atom. The highest BCUT2D eigenvalue weighted by atomic mass is 35.5. The standard InChI is InChI=1S/C27H22Cl3N3O4S/c1-18-2-5-20(6-3-18)27(34)32-31-15-22-9-10-23(37-22)17-33(16-19-4-13-25(29)26(30)14-19)38(35,36)24-11-7-21(28)8-12-24/h2-15H,16-17H2,1H3,(H,32,34)/b31-15-. The average Bonchev–Trinajstić information content (AvgIpc) is 3.33. The largest absolute Gasteiger partial charge is 0.459 e. The van der Waals surface area contributed by atoms with Crippen molar-refractivity contribution in [2.45, 2.75) is 24.9 Å². The Morgan fingerprint density at radius 1 is 0.921 bits per heavy atom. The van der Waals surface area contributed by atoms with Crippen molar-refractivity contribution in [1.29, 1.82) is 0 Å². The SMILES string of the molecule is Cc1ccc(C(=O)N/N=C\c2ccc(CN(Cc3ccc(Cl)c(Cl)c3)S(=O)(=O)c3ccc(Cl)cc3)o2)cc1. The molecule has 1 amide bonds. The van der Waals surface area contributed by atoms with Crippen LogP contribution < -0.4 is 5.43 Å². The fraction of sp³-hybridized carbons (Fsp3) is 0.111. The number of halogens is 3. The number of hydrogen-bond acceptors (Lipinski definition) is 5. The number of rotatable bonds is 9. The lowest BCUT2D eigenvalue weighted by Crippen LogP contribution is -2.30. The van der Waals surface area contributed by atoms with Gasteiger partial charge in [-0.1, -0.05) is 58.6 Å². The van der Waals surface area contributed by atoms with Crippen LogP contribution in [-0.4, -0.2) is 24.8 Å². The van der Waals surface area contributed by atoms with Gasteiger partial charge >= 0.3 is 0 Å². The first-order valence-electron chi connectivity index (χ1n) is 11.3. The first-order valence-corrected chi connectivity index (χ1v) is 13.9. The zero-order valence-electron chi connectivity index (χ0n) is 20.1. The Morgan fingerprint density at radius 3 is 2.32 bits per heavy atom. The van der Waals surface area contributed by atoms with E-state index in [2.05, 4.69) is 10.5 Å². The molecule has 4 rings (SSSR count). The van der Waals surface area contributed by atoms with Crippen LogP contribution in [0.2, 0.25) is 15.1 Å². The molecule has 11 heteroatoms. The van der Waals surface area contributed by atoms with Gasteiger partial charge in [-0.2, -0.15) is 9.41 Å². The fourth-order valence-electron chi connectivity index (χ4n) is 3.47. The van der Waals surface area contributed by atoms with Crippen LogP contribution in [0.3, 0.4) is 0 Å². The van der Waals surface area contributed by atoms with Gasteiger partial charge in [-0.3, -0.25) is 4.79 Å². The van der Waals surface area contributed by atoms with Gasteiger partial charge < -0.3 is 4.42 Å². The number of amides is 1. The lowest BCUT2D eigenvalue weighted by atomic mass is 10.1. The summed E-state index contributed by atoms with van der Waals surface area (Å²) in [6, 6.07) is 21.2. The van der Waals surface area contributed by atoms with Crippen molar-refractivity contribution in [3.63, 3.8) is 0 Å². The van der Waals surface area contributed by atoms with E-state index < -0.39 is 10.0 Å². The molecule has 0 spiro atoms. The fourth-order valence-corrected chi connectivity index (χ4v) is 5.31. The number of carbonyl (C=O) groups is 1. The van der Waals surface area contributed by atoms with Crippen LogP contribution in [0.4, 0.5) is 0 Å². The topological polar surface area (TPSA) is 92.0 Å². The average molecular weight is 591 g/mol. The summed E-state index contributed by atoms with van der Waals surface area (Å²) in [4.78, 5) is 12.3. The van der Waals surface area contributed by atoms with Crippen molar-refractivity contribution in [1.82, 2.24) is 9.73 Å². The summed E-state index contributed by atoms with van der Waals surface area (Å²) in [5.41, 5.74) is 4.59. The summed E-state index contributed by atoms with van der Waals surface area (Å²) in [6.45, 7) is 1.87. The maximum atomic E-state index is 13.5. The van der Waals surface area contributed by atoms with Gasteiger partial charge in [-0.05, 0) is 73.2 Å². The molecule has 0 fully saturated rings. The van der Waals surface area contributed by atoms with Gasteiger partial charge in [0, 0.05) is 17.1 Å². The highest BCUT2D eigenvalue weighted by Gasteiger charge is 2.26. The molecule has 0 unspecified atom stereocenters. The summed E-state index contributed by atoms with van der Waals surface area (Å²) in [6.07, 6.45) is 1.34. The first kappa shape index (κ1) is 27.9. The lowest BCUT2D eigenvalue weighted by Gasteiger charge is -2.22. The lowest BCUT2D eigenvalue weighted by molar-refractivity contribution is 0.0955. The molecule has 38 heavy (non-hydrogen) atoms. The van der Waals surface area contributed by atoms with E-state index in [1.807, 2.05) is 19.1 Å². The summed E-state index contributed by atoms with van der Waals surface area (Å²) < 4.78 is 34.1. The van der Waals surface area contributed by atoms with Crippen LogP contribution >= 0.6 is 34.8 Å². The third-order valence-electron chi connectivity index (χ3n) is 5.48. The monoisotopic (exact) mass is 589 g/mol. The van der Waals surface area contributed by atoms with Gasteiger partial charge in [-0.15, -0.1) is 0 Å². The Labute approximate surface area is 235 Å². The van der Waals surface area contributed by atoms with Crippen molar-refractivity contribution < 1.29 is 17.6 Å². The first-order chi connectivity index (χ1) is 18.1. The number of nitrogens with one attached hydrogen (secondary N) is 1. The second kappa shape index (κ2) is 12.1. The zero-order valence-corrected chi connectivity index (χ0v) is 23.2. The molecule has 1 heterocycles. The molecule has 0 aliphatic carbocycles. The van der Waals surface area contributed by atoms with E-state index in [4.69, 9.17) is 39.2 Å². The van der Waals surface area contributed by atoms with Crippen LogP contribution in [0.5, 0.6) is 0 Å². The van der Waals surface area contributed by atoms with Crippen molar-refractivity contribution >= 4 is 56.9 Å². The molecule has 0 bridgehead atoms. The van der Waals surface area contributed by atoms with Crippen LogP contribution in [0.25, 0.3) is 0 Å². The summed E-state index contributed by atoms with van der Waals surface area (Å²) in [7, 11) is -3.94. The van der Waals surface area contributed by atoms with E-state index in [1.54, 1.807) is 42.5 Å². The van der Waals surface area contributed by atoms with Crippen molar-refractivity contribution in [3.8, 4) is 0 Å². The van der Waals surface area contributed by atoms with Crippen molar-refractivity contribution in [2.24, 2.45) is 5.10 Å². The van der Waals surface area contributed by atoms with Crippen LogP contribution in [0.15, 0.2) is 93.3 Å². The van der Waals surface area contributed by atoms with Crippen LogP contribution in [0.1, 0.15) is 33.0 Å². The van der Waals surface area contributed by atoms with Crippen molar-refractivity contribution in [3.05, 3.63) is 122 Å². The van der Waals surface area contributed by atoms with E-state index in [0.717, 1.165) is 5.56 Å². The predicted octanol–water partition coefficient (Wildman–Crippen LogP) is 6.70. The summed E-state index contributed by atoms with van der Waals surface area (Å²) in [5, 5.41) is 5.04. The number of benzene rings is 3. The summed E-state index contributed by atoms with van der Waals surface area (Å²) >= 11 is 18.1. The summed E-state index contributed by atoms with van der Waals surface area (Å²) in [5.74, 6) is 0.339. The van der Waals surface area contributed by atoms with Crippen LogP contribution in [-0.2, 0) is 23.1 Å². The maximum Gasteiger partial charge on any atom is 0.271 e. The third kappa shape index (κ3) is 7.03. The second-order valence-electron chi connectivity index (χ2n) is 8.34. The van der Waals surface area contributed by atoms with E-state index in [-0.39, 0.29) is 23.9 Å². The number of hydrogen-bond donors (Lipinski definition) is 1. The highest BCUT2D eigenvalue weighted by Crippen LogP contribution is 2.27. The number of hydrazone groups is 1. The molecule has 3 aromatic carbocycles. The molecule has 1 N–H and O–H groups in total. The normalized spacial score (nSPS) is 11.8. The molecule has 0 aliphatic rings. The minimum absolute atomic E-state index is 0.0125. The van der Waals surface area contributed by atoms with Crippen molar-refractivity contribution in [2.75, 3.05) is 0 Å². The molecule has 1 aromatic heterocycles. The molecular formula is C27H22Cl3N3O4S. The van der Waals surface area contributed by atoms with Gasteiger partial charge in [0.2, 0.25) is 10.0 Å². The van der Waals surface area contributed by atoms with Crippen LogP contribution in [0, 0.1) is 6.92 Å². The Bertz CT molecular complexity index is 1570. The molecule has 0 saturated carbocycles. The minimum atomic E-state index is -3.94. The van der Waals surface area contributed by atoms with Gasteiger partial charge in [0.25, 0.3) is 5.91 Å². The number of aryl methyl sites for hydroxylation is 1. The molecule has 0 saturated heterocycles. The van der Waals surface area contributed by atoms with E-state index in [0.29, 0.717) is 37.7 Å². The quantitative estimate of drug-likeness (QED) is 0.173. The van der Waals surface area contributed by atoms with Gasteiger partial charge in [0.05, 0.1) is 27.7 Å². The van der Waals surface area contributed by atoms with E-state index in [1.165, 1.54) is 34.8 Å². The Kier molecular flexibility index (Phi) is 8.91. The van der Waals surface area contributed by atoms with E-state index >= 15 is 0 Å². The molecule has 4 aromatic rings. The Balaban J connectivity index is 1.52. The molecular weight excluding hydrogens is 569 g/mol. The Hall–Kier alpha value is -3.14. The van der Waals surface area contributed by atoms with Gasteiger partial charge in [-0.25, -0.2) is 13.8 Å². The third-order valence-corrected chi connectivity index (χ3v) is 8.28. The number of nitrogens with zero attached hydrogens (tertiary/aromatic N) is 2. The van der Waals surface area contributed by atoms with Gasteiger partial charge in [0.1, 0.15) is 11.5 Å². The second-order valence-corrected chi connectivity index (χ2v) is 11.5. The van der Waals surface area contributed by atoms with E-state index in [9.17, 15) is 13.2 Å². The highest BCUT2D eigenvalue weighted by molar-refractivity contribution is 7.89. The number of sulfonamides is 1. The molecule has 196 valence electrons. The maximum absolute atomic E-state index is 13.5. The smallest absolute Gasteiger partial charge is 0.271 e. The molecule has 0 radical (unpaired) electrons. The molecule has 0 aliphatic heterocycles. The number of carbonyl (C=O) groups excluding carboxylic acids is 1. The minimum Gasteiger partial charge on any atom is -0.459 e. The molecule has 0 atom stereocenters. The molecule has 7 nitrogen and oxygen atoms in total. The number of furan rings is 1.